The highest BCUT2D eigenvalue weighted by Crippen LogP contribution is 2.27. The second-order valence-electron chi connectivity index (χ2n) is 5.88. The van der Waals surface area contributed by atoms with Crippen LogP contribution in [0.5, 0.6) is 0 Å². The van der Waals surface area contributed by atoms with Crippen LogP contribution < -0.4 is 10.6 Å². The lowest BCUT2D eigenvalue weighted by Gasteiger charge is -2.18. The number of anilines is 1. The monoisotopic (exact) mass is 350 g/mol. The molecule has 0 bridgehead atoms. The Balaban J connectivity index is 2.06. The number of nitrogens with zero attached hydrogens (tertiary/aromatic N) is 1. The molecule has 24 heavy (non-hydrogen) atoms. The van der Waals surface area contributed by atoms with Gasteiger partial charge in [0.2, 0.25) is 5.91 Å². The summed E-state index contributed by atoms with van der Waals surface area (Å²) in [5, 5.41) is 12.3. The Hall–Kier alpha value is -2.35. The van der Waals surface area contributed by atoms with Crippen molar-refractivity contribution in [2.24, 2.45) is 5.92 Å². The number of nitrogens with one attached hydrogen (secondary N) is 3. The van der Waals surface area contributed by atoms with Crippen LogP contribution in [0.3, 0.4) is 0 Å². The van der Waals surface area contributed by atoms with Gasteiger partial charge in [-0.15, -0.1) is 11.3 Å². The van der Waals surface area contributed by atoms with E-state index in [0.29, 0.717) is 12.2 Å². The van der Waals surface area contributed by atoms with E-state index in [2.05, 4.69) is 25.6 Å². The van der Waals surface area contributed by atoms with Crippen LogP contribution in [-0.4, -0.2) is 35.3 Å². The van der Waals surface area contributed by atoms with Gasteiger partial charge < -0.3 is 15.4 Å². The first-order valence-electron chi connectivity index (χ1n) is 7.66. The summed E-state index contributed by atoms with van der Waals surface area (Å²) in [4.78, 5) is 26.1. The summed E-state index contributed by atoms with van der Waals surface area (Å²) in [6, 6.07) is 5.12. The van der Waals surface area contributed by atoms with Crippen molar-refractivity contribution >= 4 is 29.2 Å². The SMILES string of the molecule is COC(=O)N[C@@H](CC(C)C)C(=O)Nc1cc(-c2ccc(C)s2)[nH]n1. The van der Waals surface area contributed by atoms with E-state index < -0.39 is 12.1 Å². The van der Waals surface area contributed by atoms with Crippen LogP contribution in [0, 0.1) is 12.8 Å². The highest BCUT2D eigenvalue weighted by molar-refractivity contribution is 7.15. The molecule has 0 saturated heterocycles. The van der Waals surface area contributed by atoms with Gasteiger partial charge in [-0.3, -0.25) is 9.89 Å². The number of H-pyrrole nitrogens is 1. The van der Waals surface area contributed by atoms with Gasteiger partial charge in [0, 0.05) is 10.9 Å². The quantitative estimate of drug-likeness (QED) is 0.745. The second kappa shape index (κ2) is 7.96. The normalized spacial score (nSPS) is 12.0. The molecule has 0 spiro atoms. The summed E-state index contributed by atoms with van der Waals surface area (Å²) >= 11 is 1.64. The number of rotatable bonds is 6. The molecule has 2 rings (SSSR count). The van der Waals surface area contributed by atoms with Crippen molar-refractivity contribution < 1.29 is 14.3 Å². The van der Waals surface area contributed by atoms with E-state index >= 15 is 0 Å². The largest absolute Gasteiger partial charge is 0.453 e. The minimum atomic E-state index is -0.679. The lowest BCUT2D eigenvalue weighted by Crippen LogP contribution is -2.44. The number of hydrogen-bond acceptors (Lipinski definition) is 5. The minimum absolute atomic E-state index is 0.238. The number of alkyl carbamates (subject to hydrolysis) is 1. The van der Waals surface area contributed by atoms with Crippen molar-refractivity contribution in [3.63, 3.8) is 0 Å². The molecule has 2 aromatic rings. The van der Waals surface area contributed by atoms with E-state index in [9.17, 15) is 9.59 Å². The van der Waals surface area contributed by atoms with Gasteiger partial charge in [0.1, 0.15) is 6.04 Å². The summed E-state index contributed by atoms with van der Waals surface area (Å²) in [6.45, 7) is 5.98. The highest BCUT2D eigenvalue weighted by atomic mass is 32.1. The Morgan fingerprint density at radius 2 is 2.12 bits per heavy atom. The Labute approximate surface area is 144 Å². The third-order valence-electron chi connectivity index (χ3n) is 3.34. The molecule has 7 nitrogen and oxygen atoms in total. The third-order valence-corrected chi connectivity index (χ3v) is 4.37. The first-order valence-corrected chi connectivity index (χ1v) is 8.48. The molecule has 0 aromatic carbocycles. The molecule has 0 aliphatic rings. The Kier molecular flexibility index (Phi) is 5.97. The molecular weight excluding hydrogens is 328 g/mol. The standard InChI is InChI=1S/C16H22N4O3S/c1-9(2)7-12(17-16(22)23-4)15(21)18-14-8-11(19-20-14)13-6-5-10(3)24-13/h5-6,8-9,12H,7H2,1-4H3,(H,17,22)(H2,18,19,20,21)/t12-/m0/s1. The molecule has 0 fully saturated rings. The van der Waals surface area contributed by atoms with Crippen molar-refractivity contribution in [2.75, 3.05) is 12.4 Å². The minimum Gasteiger partial charge on any atom is -0.453 e. The van der Waals surface area contributed by atoms with Gasteiger partial charge >= 0.3 is 6.09 Å². The maximum Gasteiger partial charge on any atom is 0.407 e. The van der Waals surface area contributed by atoms with Gasteiger partial charge in [0.25, 0.3) is 0 Å². The number of aromatic nitrogens is 2. The number of ether oxygens (including phenoxy) is 1. The number of aryl methyl sites for hydroxylation is 1. The van der Waals surface area contributed by atoms with Crippen LogP contribution in [0.2, 0.25) is 0 Å². The van der Waals surface area contributed by atoms with Crippen LogP contribution in [0.15, 0.2) is 18.2 Å². The van der Waals surface area contributed by atoms with E-state index in [1.807, 2.05) is 32.9 Å². The Morgan fingerprint density at radius 3 is 2.71 bits per heavy atom. The molecule has 3 N–H and O–H groups in total. The molecule has 0 saturated carbocycles. The van der Waals surface area contributed by atoms with Crippen LogP contribution in [-0.2, 0) is 9.53 Å². The molecule has 1 atom stereocenters. The van der Waals surface area contributed by atoms with E-state index in [1.54, 1.807) is 17.4 Å². The zero-order chi connectivity index (χ0) is 17.7. The van der Waals surface area contributed by atoms with Crippen LogP contribution in [0.1, 0.15) is 25.1 Å². The predicted molar refractivity (Wildman–Crippen MR) is 94.1 cm³/mol. The smallest absolute Gasteiger partial charge is 0.407 e. The number of amides is 2. The Morgan fingerprint density at radius 1 is 1.38 bits per heavy atom. The number of thiophene rings is 1. The van der Waals surface area contributed by atoms with Crippen molar-refractivity contribution in [3.05, 3.63) is 23.1 Å². The maximum atomic E-state index is 12.4. The molecule has 0 aliphatic carbocycles. The molecular formula is C16H22N4O3S. The van der Waals surface area contributed by atoms with E-state index in [1.165, 1.54) is 12.0 Å². The average Bonchev–Trinajstić information content (AvgIpc) is 3.14. The summed E-state index contributed by atoms with van der Waals surface area (Å²) < 4.78 is 4.58. The van der Waals surface area contributed by atoms with Crippen molar-refractivity contribution in [1.82, 2.24) is 15.5 Å². The van der Waals surface area contributed by atoms with Gasteiger partial charge in [-0.25, -0.2) is 4.79 Å². The molecule has 2 amide bonds. The molecule has 0 aliphatic heterocycles. The average molecular weight is 350 g/mol. The summed E-state index contributed by atoms with van der Waals surface area (Å²) in [5.74, 6) is 0.331. The Bertz CT molecular complexity index is 708. The van der Waals surface area contributed by atoms with E-state index in [0.717, 1.165) is 10.6 Å². The molecule has 2 heterocycles. The van der Waals surface area contributed by atoms with Crippen LogP contribution in [0.4, 0.5) is 10.6 Å². The van der Waals surface area contributed by atoms with Gasteiger partial charge in [-0.1, -0.05) is 13.8 Å². The fraction of sp³-hybridized carbons (Fsp3) is 0.438. The predicted octanol–water partition coefficient (Wildman–Crippen LogP) is 3.16. The summed E-state index contributed by atoms with van der Waals surface area (Å²) in [7, 11) is 1.27. The van der Waals surface area contributed by atoms with Crippen LogP contribution in [0.25, 0.3) is 10.6 Å². The highest BCUT2D eigenvalue weighted by Gasteiger charge is 2.23. The topological polar surface area (TPSA) is 96.1 Å². The van der Waals surface area contributed by atoms with Gasteiger partial charge in [0.05, 0.1) is 17.7 Å². The van der Waals surface area contributed by atoms with Crippen molar-refractivity contribution in [1.29, 1.82) is 0 Å². The fourth-order valence-corrected chi connectivity index (χ4v) is 3.04. The number of aromatic amines is 1. The molecule has 0 unspecified atom stereocenters. The van der Waals surface area contributed by atoms with Gasteiger partial charge in [-0.05, 0) is 31.4 Å². The number of carbonyl (C=O) groups is 2. The van der Waals surface area contributed by atoms with E-state index in [-0.39, 0.29) is 11.8 Å². The van der Waals surface area contributed by atoms with Crippen LogP contribution >= 0.6 is 11.3 Å². The second-order valence-corrected chi connectivity index (χ2v) is 7.17. The molecule has 130 valence electrons. The number of hydrogen-bond donors (Lipinski definition) is 3. The van der Waals surface area contributed by atoms with Gasteiger partial charge in [0.15, 0.2) is 5.82 Å². The number of carbonyl (C=O) groups excluding carboxylic acids is 2. The molecule has 8 heteroatoms. The first-order chi connectivity index (χ1) is 11.4. The lowest BCUT2D eigenvalue weighted by atomic mass is 10.0. The molecule has 2 aromatic heterocycles. The first kappa shape index (κ1) is 18.0. The van der Waals surface area contributed by atoms with E-state index in [4.69, 9.17) is 0 Å². The van der Waals surface area contributed by atoms with Crippen molar-refractivity contribution in [3.8, 4) is 10.6 Å². The molecule has 0 radical (unpaired) electrons. The zero-order valence-corrected chi connectivity index (χ0v) is 15.0. The number of methoxy groups -OCH3 is 1. The fourth-order valence-electron chi connectivity index (χ4n) is 2.21. The van der Waals surface area contributed by atoms with Crippen molar-refractivity contribution in [2.45, 2.75) is 33.2 Å². The zero-order valence-electron chi connectivity index (χ0n) is 14.2. The summed E-state index contributed by atoms with van der Waals surface area (Å²) in [5.41, 5.74) is 0.838. The third kappa shape index (κ3) is 4.82. The van der Waals surface area contributed by atoms with Gasteiger partial charge in [-0.2, -0.15) is 5.10 Å². The maximum absolute atomic E-state index is 12.4. The lowest BCUT2D eigenvalue weighted by molar-refractivity contribution is -0.118. The summed E-state index contributed by atoms with van der Waals surface area (Å²) in [6.07, 6.45) is -0.130.